The predicted octanol–water partition coefficient (Wildman–Crippen LogP) is 7.23. The van der Waals surface area contributed by atoms with E-state index in [2.05, 4.69) is 85.6 Å². The van der Waals surface area contributed by atoms with Crippen molar-refractivity contribution in [3.8, 4) is 11.1 Å². The van der Waals surface area contributed by atoms with Gasteiger partial charge in [-0.3, -0.25) is 4.98 Å². The molecule has 138 valence electrons. The van der Waals surface area contributed by atoms with Crippen molar-refractivity contribution in [2.24, 2.45) is 0 Å². The van der Waals surface area contributed by atoms with Crippen LogP contribution in [0.3, 0.4) is 0 Å². The molecule has 1 nitrogen and oxygen atoms in total. The first kappa shape index (κ1) is 17.2. The Morgan fingerprint density at radius 2 is 1.39 bits per heavy atom. The van der Waals surface area contributed by atoms with E-state index in [-0.39, 0.29) is 0 Å². The summed E-state index contributed by atoms with van der Waals surface area (Å²) in [5.74, 6) is 1.09. The van der Waals surface area contributed by atoms with Gasteiger partial charge in [0.25, 0.3) is 0 Å². The van der Waals surface area contributed by atoms with Gasteiger partial charge in [0.1, 0.15) is 0 Å². The van der Waals surface area contributed by atoms with Gasteiger partial charge >= 0.3 is 0 Å². The average Bonchev–Trinajstić information content (AvgIpc) is 3.22. The molecule has 0 spiro atoms. The molecule has 0 aliphatic heterocycles. The highest BCUT2D eigenvalue weighted by Crippen LogP contribution is 2.46. The molecule has 1 heteroatoms. The van der Waals surface area contributed by atoms with Crippen LogP contribution in [0.4, 0.5) is 0 Å². The molecule has 28 heavy (non-hydrogen) atoms. The molecule has 0 saturated heterocycles. The van der Waals surface area contributed by atoms with Gasteiger partial charge in [0.05, 0.1) is 0 Å². The van der Waals surface area contributed by atoms with Gasteiger partial charge in [-0.05, 0) is 72.2 Å². The van der Waals surface area contributed by atoms with Gasteiger partial charge in [0.2, 0.25) is 0 Å². The van der Waals surface area contributed by atoms with Crippen molar-refractivity contribution in [1.82, 2.24) is 4.98 Å². The number of fused-ring (bicyclic) bond motifs is 2. The lowest BCUT2D eigenvalue weighted by Crippen LogP contribution is -2.03. The molecular formula is C27H25N. The van der Waals surface area contributed by atoms with Crippen LogP contribution in [-0.2, 0) is 0 Å². The summed E-state index contributed by atoms with van der Waals surface area (Å²) in [5.41, 5.74) is 11.4. The van der Waals surface area contributed by atoms with Crippen LogP contribution in [0.1, 0.15) is 60.8 Å². The molecule has 2 atom stereocenters. The molecule has 2 unspecified atom stereocenters. The highest BCUT2D eigenvalue weighted by Gasteiger charge is 2.28. The number of benzene rings is 2. The topological polar surface area (TPSA) is 12.9 Å². The van der Waals surface area contributed by atoms with Gasteiger partial charge in [-0.15, -0.1) is 0 Å². The van der Waals surface area contributed by atoms with E-state index < -0.39 is 0 Å². The second-order valence-corrected chi connectivity index (χ2v) is 8.13. The van der Waals surface area contributed by atoms with E-state index in [9.17, 15) is 0 Å². The van der Waals surface area contributed by atoms with Crippen LogP contribution >= 0.6 is 0 Å². The predicted molar refractivity (Wildman–Crippen MR) is 118 cm³/mol. The van der Waals surface area contributed by atoms with Crippen LogP contribution in [0.5, 0.6) is 0 Å². The summed E-state index contributed by atoms with van der Waals surface area (Å²) in [4.78, 5) is 4.17. The van der Waals surface area contributed by atoms with Crippen LogP contribution in [0.25, 0.3) is 23.3 Å². The number of hydrogen-bond donors (Lipinski definition) is 0. The lowest BCUT2D eigenvalue weighted by molar-refractivity contribution is 0.611. The number of nitrogens with zero attached hydrogens (tertiary/aromatic N) is 1. The number of allylic oxidation sites excluding steroid dienone is 2. The smallest absolute Gasteiger partial charge is 0.0273 e. The third-order valence-electron chi connectivity index (χ3n) is 6.48. The first-order chi connectivity index (χ1) is 13.7. The molecule has 0 saturated carbocycles. The van der Waals surface area contributed by atoms with E-state index in [1.165, 1.54) is 57.4 Å². The van der Waals surface area contributed by atoms with Gasteiger partial charge in [0.15, 0.2) is 0 Å². The summed E-state index contributed by atoms with van der Waals surface area (Å²) in [6, 6.07) is 19.9. The Kier molecular flexibility index (Phi) is 4.24. The Balaban J connectivity index is 1.43. The molecule has 0 amide bonds. The van der Waals surface area contributed by atoms with Crippen LogP contribution in [0.2, 0.25) is 0 Å². The molecule has 5 rings (SSSR count). The van der Waals surface area contributed by atoms with Gasteiger partial charge in [-0.25, -0.2) is 0 Å². The summed E-state index contributed by atoms with van der Waals surface area (Å²) < 4.78 is 0. The molecule has 3 aromatic rings. The third-order valence-corrected chi connectivity index (χ3v) is 6.48. The van der Waals surface area contributed by atoms with E-state index in [0.717, 1.165) is 0 Å². The Bertz CT molecular complexity index is 1090. The van der Waals surface area contributed by atoms with Gasteiger partial charge in [0, 0.05) is 24.2 Å². The Morgan fingerprint density at radius 3 is 2.21 bits per heavy atom. The van der Waals surface area contributed by atoms with E-state index in [0.29, 0.717) is 11.8 Å². The lowest BCUT2D eigenvalue weighted by Gasteiger charge is -2.20. The molecule has 0 radical (unpaired) electrons. The zero-order valence-electron chi connectivity index (χ0n) is 16.5. The highest BCUT2D eigenvalue weighted by molar-refractivity contribution is 5.81. The minimum atomic E-state index is 0.525. The van der Waals surface area contributed by atoms with Crippen molar-refractivity contribution in [3.05, 3.63) is 100 Å². The number of hydrogen-bond acceptors (Lipinski definition) is 1. The Morgan fingerprint density at radius 1 is 0.714 bits per heavy atom. The molecule has 0 bridgehead atoms. The Labute approximate surface area is 167 Å². The highest BCUT2D eigenvalue weighted by atomic mass is 14.6. The van der Waals surface area contributed by atoms with Crippen molar-refractivity contribution in [1.29, 1.82) is 0 Å². The maximum absolute atomic E-state index is 4.17. The van der Waals surface area contributed by atoms with Crippen LogP contribution in [0.15, 0.2) is 78.1 Å². The molecule has 1 heterocycles. The van der Waals surface area contributed by atoms with Gasteiger partial charge in [-0.1, -0.05) is 65.8 Å². The largest absolute Gasteiger partial charge is 0.265 e. The molecule has 2 aliphatic rings. The molecule has 2 aliphatic carbocycles. The first-order valence-electron chi connectivity index (χ1n) is 10.2. The van der Waals surface area contributed by atoms with Crippen molar-refractivity contribution in [2.45, 2.75) is 38.5 Å². The fourth-order valence-electron chi connectivity index (χ4n) is 5.06. The normalized spacial score (nSPS) is 19.8. The molecular weight excluding hydrogens is 338 g/mol. The summed E-state index contributed by atoms with van der Waals surface area (Å²) in [7, 11) is 0. The molecule has 0 N–H and O–H groups in total. The van der Waals surface area contributed by atoms with Crippen LogP contribution in [0, 0.1) is 0 Å². The SMILES string of the molecule is CC1=Cc2ccccc2C1CCC1C(C)=Cc2c(-c3ccncc3)cccc21. The van der Waals surface area contributed by atoms with Gasteiger partial charge < -0.3 is 0 Å². The monoisotopic (exact) mass is 363 g/mol. The number of pyridine rings is 1. The zero-order chi connectivity index (χ0) is 19.1. The second kappa shape index (κ2) is 6.91. The first-order valence-corrected chi connectivity index (χ1v) is 10.2. The summed E-state index contributed by atoms with van der Waals surface area (Å²) >= 11 is 0. The fourth-order valence-corrected chi connectivity index (χ4v) is 5.06. The van der Waals surface area contributed by atoms with Crippen molar-refractivity contribution < 1.29 is 0 Å². The standard InChI is InChI=1S/C27H25N/c1-18-16-21-6-3-4-7-25(21)22(18)10-11-23-19(2)17-27-24(8-5-9-26(23)27)20-12-14-28-15-13-20/h3-9,12-17,22-23H,10-11H2,1-2H3. The Hall–Kier alpha value is -2.93. The zero-order valence-corrected chi connectivity index (χ0v) is 16.5. The average molecular weight is 364 g/mol. The minimum absolute atomic E-state index is 0.525. The third kappa shape index (κ3) is 2.82. The van der Waals surface area contributed by atoms with E-state index in [1.54, 1.807) is 0 Å². The maximum atomic E-state index is 4.17. The fraction of sp³-hybridized carbons (Fsp3) is 0.222. The summed E-state index contributed by atoms with van der Waals surface area (Å²) in [5, 5.41) is 0. The molecule has 1 aromatic heterocycles. The van der Waals surface area contributed by atoms with Crippen LogP contribution < -0.4 is 0 Å². The number of rotatable bonds is 4. The summed E-state index contributed by atoms with van der Waals surface area (Å²) in [6.45, 7) is 4.59. The molecule has 2 aromatic carbocycles. The van der Waals surface area contributed by atoms with Crippen molar-refractivity contribution in [2.75, 3.05) is 0 Å². The van der Waals surface area contributed by atoms with Crippen molar-refractivity contribution in [3.63, 3.8) is 0 Å². The quantitative estimate of drug-likeness (QED) is 0.476. The minimum Gasteiger partial charge on any atom is -0.265 e. The van der Waals surface area contributed by atoms with Crippen LogP contribution in [-0.4, -0.2) is 4.98 Å². The second-order valence-electron chi connectivity index (χ2n) is 8.13. The van der Waals surface area contributed by atoms with E-state index in [1.807, 2.05) is 12.4 Å². The lowest BCUT2D eigenvalue weighted by atomic mass is 9.84. The number of aromatic nitrogens is 1. The molecule has 0 fully saturated rings. The van der Waals surface area contributed by atoms with E-state index >= 15 is 0 Å². The summed E-state index contributed by atoms with van der Waals surface area (Å²) in [6.07, 6.45) is 10.9. The maximum Gasteiger partial charge on any atom is 0.0273 e. The van der Waals surface area contributed by atoms with Crippen molar-refractivity contribution >= 4 is 12.2 Å². The van der Waals surface area contributed by atoms with E-state index in [4.69, 9.17) is 0 Å². The van der Waals surface area contributed by atoms with Gasteiger partial charge in [-0.2, -0.15) is 0 Å².